The zero-order chi connectivity index (χ0) is 13.4. The Bertz CT molecular complexity index is 697. The van der Waals surface area contributed by atoms with Crippen LogP contribution in [0, 0.1) is 6.92 Å². The third-order valence-electron chi connectivity index (χ3n) is 3.26. The van der Waals surface area contributed by atoms with E-state index in [4.69, 9.17) is 5.84 Å². The van der Waals surface area contributed by atoms with Crippen molar-refractivity contribution in [3.8, 4) is 0 Å². The van der Waals surface area contributed by atoms with Gasteiger partial charge >= 0.3 is 0 Å². The van der Waals surface area contributed by atoms with Gasteiger partial charge in [0.05, 0.1) is 9.83 Å². The maximum atomic E-state index is 5.77. The van der Waals surface area contributed by atoms with Crippen molar-refractivity contribution in [2.45, 2.75) is 13.0 Å². The molecular weight excluding hydrogens is 322 g/mol. The number of aromatic amines is 1. The number of para-hydroxylation sites is 1. The summed E-state index contributed by atoms with van der Waals surface area (Å²) in [6.07, 6.45) is 2.03. The van der Waals surface area contributed by atoms with Crippen molar-refractivity contribution in [1.29, 1.82) is 0 Å². The first kappa shape index (κ1) is 12.9. The first-order valence-corrected chi connectivity index (χ1v) is 7.59. The van der Waals surface area contributed by atoms with Gasteiger partial charge in [0, 0.05) is 27.5 Å². The predicted molar refractivity (Wildman–Crippen MR) is 84.2 cm³/mol. The molecule has 2 aromatic heterocycles. The number of nitrogens with one attached hydrogen (secondary N) is 2. The van der Waals surface area contributed by atoms with Gasteiger partial charge in [0.25, 0.3) is 0 Å². The third-order valence-corrected chi connectivity index (χ3v) is 5.46. The van der Waals surface area contributed by atoms with Crippen molar-refractivity contribution in [2.24, 2.45) is 5.84 Å². The number of rotatable bonds is 3. The maximum Gasteiger partial charge on any atom is 0.0823 e. The highest BCUT2D eigenvalue weighted by Crippen LogP contribution is 2.36. The molecule has 1 aromatic carbocycles. The van der Waals surface area contributed by atoms with Crippen molar-refractivity contribution in [1.82, 2.24) is 10.4 Å². The zero-order valence-electron chi connectivity index (χ0n) is 10.4. The minimum Gasteiger partial charge on any atom is -0.361 e. The number of nitrogens with two attached hydrogens (primary N) is 1. The monoisotopic (exact) mass is 335 g/mol. The lowest BCUT2D eigenvalue weighted by atomic mass is 10.0. The maximum absolute atomic E-state index is 5.77. The van der Waals surface area contributed by atoms with Crippen molar-refractivity contribution >= 4 is 38.2 Å². The molecule has 0 saturated carbocycles. The summed E-state index contributed by atoms with van der Waals surface area (Å²) in [5, 5.41) is 1.20. The second kappa shape index (κ2) is 5.09. The van der Waals surface area contributed by atoms with Crippen LogP contribution in [0.5, 0.6) is 0 Å². The summed E-state index contributed by atoms with van der Waals surface area (Å²) in [5.41, 5.74) is 6.46. The highest BCUT2D eigenvalue weighted by Gasteiger charge is 2.19. The van der Waals surface area contributed by atoms with Crippen LogP contribution in [0.25, 0.3) is 10.9 Å². The Morgan fingerprint density at radius 2 is 2.16 bits per heavy atom. The predicted octanol–water partition coefficient (Wildman–Crippen LogP) is 3.85. The van der Waals surface area contributed by atoms with E-state index in [0.717, 1.165) is 9.30 Å². The average molecular weight is 336 g/mol. The fraction of sp³-hybridized carbons (Fsp3) is 0.143. The molecule has 1 unspecified atom stereocenters. The van der Waals surface area contributed by atoms with Crippen LogP contribution >= 0.6 is 27.3 Å². The van der Waals surface area contributed by atoms with E-state index in [2.05, 4.69) is 51.5 Å². The van der Waals surface area contributed by atoms with Gasteiger partial charge in [-0.3, -0.25) is 5.84 Å². The Kier molecular flexibility index (Phi) is 3.45. The largest absolute Gasteiger partial charge is 0.361 e. The average Bonchev–Trinajstić information content (AvgIpc) is 2.97. The number of halogens is 1. The molecule has 98 valence electrons. The van der Waals surface area contributed by atoms with Crippen LogP contribution in [0.3, 0.4) is 0 Å². The summed E-state index contributed by atoms with van der Waals surface area (Å²) in [7, 11) is 0. The van der Waals surface area contributed by atoms with E-state index in [1.54, 1.807) is 11.3 Å². The summed E-state index contributed by atoms with van der Waals surface area (Å²) >= 11 is 5.28. The van der Waals surface area contributed by atoms with Crippen LogP contribution in [0.15, 0.2) is 40.3 Å². The number of H-pyrrole nitrogens is 1. The summed E-state index contributed by atoms with van der Waals surface area (Å²) in [5.74, 6) is 5.77. The molecule has 3 rings (SSSR count). The van der Waals surface area contributed by atoms with E-state index in [1.807, 2.05) is 18.3 Å². The Hall–Kier alpha value is -1.14. The molecule has 0 aliphatic carbocycles. The molecule has 3 aromatic rings. The molecule has 0 radical (unpaired) electrons. The van der Waals surface area contributed by atoms with Gasteiger partial charge in [-0.2, -0.15) is 0 Å². The van der Waals surface area contributed by atoms with Crippen LogP contribution in [0.2, 0.25) is 0 Å². The minimum atomic E-state index is 0.00569. The second-order valence-corrected chi connectivity index (χ2v) is 6.90. The van der Waals surface area contributed by atoms with E-state index in [9.17, 15) is 0 Å². The van der Waals surface area contributed by atoms with Gasteiger partial charge in [-0.25, -0.2) is 5.43 Å². The molecule has 2 heterocycles. The van der Waals surface area contributed by atoms with Crippen LogP contribution in [-0.4, -0.2) is 4.98 Å². The van der Waals surface area contributed by atoms with Crippen molar-refractivity contribution < 1.29 is 0 Å². The molecular formula is C14H14BrN3S. The molecule has 0 bridgehead atoms. The number of thiophene rings is 1. The third kappa shape index (κ3) is 2.23. The van der Waals surface area contributed by atoms with E-state index in [-0.39, 0.29) is 6.04 Å². The summed E-state index contributed by atoms with van der Waals surface area (Å²) < 4.78 is 1.16. The Balaban J connectivity index is 2.12. The van der Waals surface area contributed by atoms with Crippen molar-refractivity contribution in [2.75, 3.05) is 0 Å². The highest BCUT2D eigenvalue weighted by molar-refractivity contribution is 9.11. The molecule has 0 aliphatic heterocycles. The highest BCUT2D eigenvalue weighted by atomic mass is 79.9. The topological polar surface area (TPSA) is 53.8 Å². The fourth-order valence-corrected chi connectivity index (χ4v) is 3.93. The molecule has 5 heteroatoms. The summed E-state index contributed by atoms with van der Waals surface area (Å²) in [4.78, 5) is 4.50. The van der Waals surface area contributed by atoms with E-state index in [0.29, 0.717) is 0 Å². The Labute approximate surface area is 123 Å². The number of aryl methyl sites for hydroxylation is 1. The van der Waals surface area contributed by atoms with Gasteiger partial charge in [-0.1, -0.05) is 18.2 Å². The van der Waals surface area contributed by atoms with E-state index < -0.39 is 0 Å². The normalized spacial score (nSPS) is 13.0. The van der Waals surface area contributed by atoms with Gasteiger partial charge < -0.3 is 4.98 Å². The quantitative estimate of drug-likeness (QED) is 0.503. The number of hydrogen-bond donors (Lipinski definition) is 3. The van der Waals surface area contributed by atoms with Crippen LogP contribution in [-0.2, 0) is 0 Å². The number of aromatic nitrogens is 1. The lowest BCUT2D eigenvalue weighted by Crippen LogP contribution is -2.28. The van der Waals surface area contributed by atoms with Crippen LogP contribution in [0.4, 0.5) is 0 Å². The van der Waals surface area contributed by atoms with Gasteiger partial charge in [0.2, 0.25) is 0 Å². The lowest BCUT2D eigenvalue weighted by Gasteiger charge is -2.13. The van der Waals surface area contributed by atoms with Crippen LogP contribution < -0.4 is 11.3 Å². The van der Waals surface area contributed by atoms with E-state index >= 15 is 0 Å². The number of hydrogen-bond acceptors (Lipinski definition) is 3. The molecule has 3 nitrogen and oxygen atoms in total. The first-order chi connectivity index (χ1) is 9.20. The second-order valence-electron chi connectivity index (χ2n) is 4.49. The summed E-state index contributed by atoms with van der Waals surface area (Å²) in [6.45, 7) is 2.09. The van der Waals surface area contributed by atoms with Gasteiger partial charge in [-0.05, 0) is 40.5 Å². The Morgan fingerprint density at radius 3 is 2.84 bits per heavy atom. The molecule has 4 N–H and O–H groups in total. The molecule has 1 atom stereocenters. The van der Waals surface area contributed by atoms with Crippen molar-refractivity contribution in [3.63, 3.8) is 0 Å². The number of hydrazine groups is 1. The number of benzene rings is 1. The van der Waals surface area contributed by atoms with E-state index in [1.165, 1.54) is 21.4 Å². The standard InChI is InChI=1S/C14H14BrN3S/c1-8-6-12(19-14(8)15)13(18-16)10-7-17-11-5-3-2-4-9(10)11/h2-7,13,17-18H,16H2,1H3. The number of fused-ring (bicyclic) bond motifs is 1. The smallest absolute Gasteiger partial charge is 0.0823 e. The Morgan fingerprint density at radius 1 is 1.37 bits per heavy atom. The lowest BCUT2D eigenvalue weighted by molar-refractivity contribution is 0.650. The molecule has 0 aliphatic rings. The molecule has 0 spiro atoms. The summed E-state index contributed by atoms with van der Waals surface area (Å²) in [6, 6.07) is 10.4. The molecule has 19 heavy (non-hydrogen) atoms. The molecule has 0 amide bonds. The van der Waals surface area contributed by atoms with Crippen molar-refractivity contribution in [3.05, 3.63) is 56.3 Å². The SMILES string of the molecule is Cc1cc(C(NN)c2c[nH]c3ccccc23)sc1Br. The van der Waals surface area contributed by atoms with Gasteiger partial charge in [0.15, 0.2) is 0 Å². The molecule has 0 saturated heterocycles. The zero-order valence-corrected chi connectivity index (χ0v) is 12.8. The first-order valence-electron chi connectivity index (χ1n) is 5.98. The van der Waals surface area contributed by atoms with Gasteiger partial charge in [-0.15, -0.1) is 11.3 Å². The van der Waals surface area contributed by atoms with Gasteiger partial charge in [0.1, 0.15) is 0 Å². The fourth-order valence-electron chi connectivity index (χ4n) is 2.28. The van der Waals surface area contributed by atoms with Crippen LogP contribution in [0.1, 0.15) is 22.0 Å². The molecule has 0 fully saturated rings. The minimum absolute atomic E-state index is 0.00569.